The van der Waals surface area contributed by atoms with Crippen LogP contribution in [0.2, 0.25) is 0 Å². The Morgan fingerprint density at radius 2 is 1.86 bits per heavy atom. The number of pyridine rings is 1. The number of nitrogens with one attached hydrogen (secondary N) is 1. The first-order chi connectivity index (χ1) is 9.75. The van der Waals surface area contributed by atoms with Crippen molar-refractivity contribution in [1.82, 2.24) is 9.88 Å². The number of aromatic nitrogens is 1. The summed E-state index contributed by atoms with van der Waals surface area (Å²) in [5, 5.41) is 9.65. The number of aromatic amines is 1. The minimum Gasteiger partial charge on any atom is -0.480 e. The Morgan fingerprint density at radius 1 is 1.24 bits per heavy atom. The molecule has 1 aromatic carbocycles. The quantitative estimate of drug-likeness (QED) is 0.894. The van der Waals surface area contributed by atoms with Crippen LogP contribution in [0.15, 0.2) is 35.1 Å². The maximum absolute atomic E-state index is 12.4. The molecule has 0 unspecified atom stereocenters. The number of aliphatic carboxylic acids is 1. The monoisotopic (exact) mass is 288 g/mol. The van der Waals surface area contributed by atoms with E-state index in [1.54, 1.807) is 24.3 Å². The molecule has 1 heterocycles. The fraction of sp³-hybridized carbons (Fsp3) is 0.267. The highest BCUT2D eigenvalue weighted by atomic mass is 16.4. The van der Waals surface area contributed by atoms with Gasteiger partial charge in [0.2, 0.25) is 0 Å². The van der Waals surface area contributed by atoms with E-state index in [1.807, 2.05) is 0 Å². The highest BCUT2D eigenvalue weighted by molar-refractivity contribution is 5.97. The Morgan fingerprint density at radius 3 is 2.48 bits per heavy atom. The number of carboxylic acids is 1. The van der Waals surface area contributed by atoms with Crippen LogP contribution < -0.4 is 5.43 Å². The summed E-state index contributed by atoms with van der Waals surface area (Å²) < 4.78 is 0. The molecule has 0 fully saturated rings. The van der Waals surface area contributed by atoms with E-state index in [-0.39, 0.29) is 11.1 Å². The summed E-state index contributed by atoms with van der Waals surface area (Å²) in [6, 6.07) is 8.03. The molecule has 0 spiro atoms. The molecular formula is C15H16N2O4. The van der Waals surface area contributed by atoms with E-state index in [2.05, 4.69) is 4.98 Å². The number of hydrogen-bond donors (Lipinski definition) is 2. The molecule has 0 saturated carbocycles. The first-order valence-electron chi connectivity index (χ1n) is 6.39. The number of amides is 1. The molecule has 2 aromatic rings. The third-order valence-electron chi connectivity index (χ3n) is 3.63. The zero-order valence-electron chi connectivity index (χ0n) is 12.0. The van der Waals surface area contributed by atoms with E-state index in [9.17, 15) is 14.4 Å². The standard InChI is InChI=1S/C15H16N2O4/c1-15(2,14(20)21)17(3)13(19)11-8-12(18)9-6-4-5-7-10(9)16-11/h4-8H,1-3H3,(H,16,18)(H,20,21). The third kappa shape index (κ3) is 2.52. The fourth-order valence-electron chi connectivity index (χ4n) is 1.89. The number of hydrogen-bond acceptors (Lipinski definition) is 3. The molecular weight excluding hydrogens is 272 g/mol. The second-order valence-corrected chi connectivity index (χ2v) is 5.32. The van der Waals surface area contributed by atoms with Crippen LogP contribution in [0.1, 0.15) is 24.3 Å². The lowest BCUT2D eigenvalue weighted by atomic mass is 10.0. The highest BCUT2D eigenvalue weighted by Crippen LogP contribution is 2.16. The zero-order chi connectivity index (χ0) is 15.8. The first-order valence-corrected chi connectivity index (χ1v) is 6.39. The minimum atomic E-state index is -1.38. The van der Waals surface area contributed by atoms with Gasteiger partial charge in [0.1, 0.15) is 11.2 Å². The van der Waals surface area contributed by atoms with Gasteiger partial charge in [0.25, 0.3) is 5.91 Å². The number of H-pyrrole nitrogens is 1. The average Bonchev–Trinajstić information content (AvgIpc) is 2.45. The van der Waals surface area contributed by atoms with Gasteiger partial charge in [-0.25, -0.2) is 4.79 Å². The lowest BCUT2D eigenvalue weighted by Crippen LogP contribution is -2.51. The topological polar surface area (TPSA) is 90.5 Å². The van der Waals surface area contributed by atoms with Gasteiger partial charge < -0.3 is 15.0 Å². The lowest BCUT2D eigenvalue weighted by Gasteiger charge is -2.31. The van der Waals surface area contributed by atoms with Crippen LogP contribution in [0.5, 0.6) is 0 Å². The number of likely N-dealkylation sites (N-methyl/N-ethyl adjacent to an activating group) is 1. The lowest BCUT2D eigenvalue weighted by molar-refractivity contribution is -0.147. The molecule has 21 heavy (non-hydrogen) atoms. The molecule has 6 nitrogen and oxygen atoms in total. The Kier molecular flexibility index (Phi) is 3.55. The number of fused-ring (bicyclic) bond motifs is 1. The van der Waals surface area contributed by atoms with Crippen molar-refractivity contribution >= 4 is 22.8 Å². The average molecular weight is 288 g/mol. The van der Waals surface area contributed by atoms with Crippen LogP contribution in [-0.2, 0) is 4.79 Å². The van der Waals surface area contributed by atoms with Crippen molar-refractivity contribution in [3.8, 4) is 0 Å². The van der Waals surface area contributed by atoms with Gasteiger partial charge in [0, 0.05) is 24.0 Å². The third-order valence-corrected chi connectivity index (χ3v) is 3.63. The van der Waals surface area contributed by atoms with Crippen molar-refractivity contribution in [3.63, 3.8) is 0 Å². The van der Waals surface area contributed by atoms with Gasteiger partial charge in [0.05, 0.1) is 0 Å². The second-order valence-electron chi connectivity index (χ2n) is 5.32. The number of para-hydroxylation sites is 1. The Labute approximate surface area is 121 Å². The van der Waals surface area contributed by atoms with Gasteiger partial charge in [-0.1, -0.05) is 12.1 Å². The summed E-state index contributed by atoms with van der Waals surface area (Å²) in [4.78, 5) is 39.6. The summed E-state index contributed by atoms with van der Waals surface area (Å²) in [6.45, 7) is 2.85. The summed E-state index contributed by atoms with van der Waals surface area (Å²) >= 11 is 0. The number of carbonyl (C=O) groups is 2. The van der Waals surface area contributed by atoms with Gasteiger partial charge in [0.15, 0.2) is 5.43 Å². The van der Waals surface area contributed by atoms with E-state index >= 15 is 0 Å². The molecule has 0 atom stereocenters. The van der Waals surface area contributed by atoms with Gasteiger partial charge in [-0.15, -0.1) is 0 Å². The Balaban J connectivity index is 2.50. The molecule has 1 aromatic heterocycles. The Hall–Kier alpha value is -2.63. The largest absolute Gasteiger partial charge is 0.480 e. The normalized spacial score (nSPS) is 11.4. The van der Waals surface area contributed by atoms with E-state index in [1.165, 1.54) is 27.0 Å². The van der Waals surface area contributed by atoms with Crippen LogP contribution >= 0.6 is 0 Å². The first kappa shape index (κ1) is 14.8. The van der Waals surface area contributed by atoms with Crippen LogP contribution in [0.4, 0.5) is 0 Å². The van der Waals surface area contributed by atoms with E-state index in [4.69, 9.17) is 5.11 Å². The van der Waals surface area contributed by atoms with E-state index < -0.39 is 17.4 Å². The molecule has 1 amide bonds. The smallest absolute Gasteiger partial charge is 0.329 e. The molecule has 0 aliphatic rings. The number of nitrogens with zero attached hydrogens (tertiary/aromatic N) is 1. The van der Waals surface area contributed by atoms with Crippen molar-refractivity contribution in [2.75, 3.05) is 7.05 Å². The minimum absolute atomic E-state index is 0.0653. The van der Waals surface area contributed by atoms with Crippen molar-refractivity contribution in [3.05, 3.63) is 46.2 Å². The number of rotatable bonds is 3. The van der Waals surface area contributed by atoms with Gasteiger partial charge >= 0.3 is 5.97 Å². The van der Waals surface area contributed by atoms with Crippen molar-refractivity contribution < 1.29 is 14.7 Å². The molecule has 6 heteroatoms. The van der Waals surface area contributed by atoms with Crippen LogP contribution in [0.25, 0.3) is 10.9 Å². The zero-order valence-corrected chi connectivity index (χ0v) is 12.0. The molecule has 110 valence electrons. The molecule has 0 saturated heterocycles. The second kappa shape index (κ2) is 5.05. The maximum Gasteiger partial charge on any atom is 0.329 e. The van der Waals surface area contributed by atoms with E-state index in [0.717, 1.165) is 4.90 Å². The summed E-state index contributed by atoms with van der Waals surface area (Å²) in [6.07, 6.45) is 0. The predicted molar refractivity (Wildman–Crippen MR) is 78.4 cm³/mol. The van der Waals surface area contributed by atoms with Crippen molar-refractivity contribution in [1.29, 1.82) is 0 Å². The Bertz CT molecular complexity index is 777. The predicted octanol–water partition coefficient (Wildman–Crippen LogP) is 1.46. The molecule has 0 bridgehead atoms. The maximum atomic E-state index is 12.4. The molecule has 2 N–H and O–H groups in total. The summed E-state index contributed by atoms with van der Waals surface area (Å²) in [5.41, 5.74) is -1.06. The van der Waals surface area contributed by atoms with Crippen LogP contribution in [-0.4, -0.2) is 39.5 Å². The number of carboxylic acid groups (broad SMARTS) is 1. The number of carbonyl (C=O) groups excluding carboxylic acids is 1. The van der Waals surface area contributed by atoms with Gasteiger partial charge in [-0.05, 0) is 26.0 Å². The van der Waals surface area contributed by atoms with Gasteiger partial charge in [-0.2, -0.15) is 0 Å². The summed E-state index contributed by atoms with van der Waals surface area (Å²) in [5.74, 6) is -1.67. The SMILES string of the molecule is CN(C(=O)c1cc(=O)c2ccccc2[nH]1)C(C)(C)C(=O)O. The molecule has 0 aliphatic carbocycles. The summed E-state index contributed by atoms with van der Waals surface area (Å²) in [7, 11) is 1.39. The molecule has 0 radical (unpaired) electrons. The highest BCUT2D eigenvalue weighted by Gasteiger charge is 2.36. The van der Waals surface area contributed by atoms with Gasteiger partial charge in [-0.3, -0.25) is 9.59 Å². The molecule has 0 aliphatic heterocycles. The fourth-order valence-corrected chi connectivity index (χ4v) is 1.89. The van der Waals surface area contributed by atoms with Crippen LogP contribution in [0, 0.1) is 0 Å². The number of benzene rings is 1. The molecule has 2 rings (SSSR count). The van der Waals surface area contributed by atoms with E-state index in [0.29, 0.717) is 10.9 Å². The van der Waals surface area contributed by atoms with Crippen molar-refractivity contribution in [2.45, 2.75) is 19.4 Å². The van der Waals surface area contributed by atoms with Crippen LogP contribution in [0.3, 0.4) is 0 Å². The van der Waals surface area contributed by atoms with Crippen molar-refractivity contribution in [2.24, 2.45) is 0 Å².